The maximum atomic E-state index is 14.1. The first-order valence-corrected chi connectivity index (χ1v) is 15.5. The Morgan fingerprint density at radius 1 is 0.830 bits per heavy atom. The van der Waals surface area contributed by atoms with Crippen LogP contribution in [0.2, 0.25) is 0 Å². The molecule has 10 heteroatoms. The number of carbonyl (C=O) groups excluding carboxylic acids is 3. The summed E-state index contributed by atoms with van der Waals surface area (Å²) in [5, 5.41) is 3.37. The summed E-state index contributed by atoms with van der Waals surface area (Å²) < 4.78 is 33.5. The molecule has 2 aliphatic rings. The van der Waals surface area contributed by atoms with Crippen molar-refractivity contribution in [2.24, 2.45) is 0 Å². The van der Waals surface area contributed by atoms with E-state index in [2.05, 4.69) is 5.32 Å². The summed E-state index contributed by atoms with van der Waals surface area (Å²) in [6.07, 6.45) is 0.754. The molecule has 1 aliphatic carbocycles. The lowest BCUT2D eigenvalue weighted by molar-refractivity contribution is -0.140. The van der Waals surface area contributed by atoms with Gasteiger partial charge in [0.2, 0.25) is 0 Å². The van der Waals surface area contributed by atoms with Gasteiger partial charge in [0.05, 0.1) is 26.4 Å². The minimum Gasteiger partial charge on any atom is -0.493 e. The Labute approximate surface area is 274 Å². The number of allylic oxidation sites excluding steroid dienone is 3. The average molecular weight is 642 g/mol. The number of ketones is 1. The highest BCUT2D eigenvalue weighted by Crippen LogP contribution is 2.47. The van der Waals surface area contributed by atoms with Crippen molar-refractivity contribution < 1.29 is 42.8 Å². The van der Waals surface area contributed by atoms with E-state index in [1.807, 2.05) is 55.5 Å². The van der Waals surface area contributed by atoms with E-state index in [0.717, 1.165) is 11.3 Å². The molecule has 0 saturated carbocycles. The molecule has 3 aromatic carbocycles. The highest BCUT2D eigenvalue weighted by Gasteiger charge is 2.42. The zero-order valence-electron chi connectivity index (χ0n) is 27.2. The van der Waals surface area contributed by atoms with E-state index in [1.165, 1.54) is 6.92 Å². The summed E-state index contributed by atoms with van der Waals surface area (Å²) in [7, 11) is 3.15. The first-order valence-electron chi connectivity index (χ1n) is 15.5. The van der Waals surface area contributed by atoms with Gasteiger partial charge in [-0.05, 0) is 73.7 Å². The number of carbonyl (C=O) groups is 3. The van der Waals surface area contributed by atoms with Gasteiger partial charge in [-0.3, -0.25) is 9.59 Å². The number of methoxy groups -OCH3 is 2. The van der Waals surface area contributed by atoms with E-state index in [1.54, 1.807) is 39.3 Å². The lowest BCUT2D eigenvalue weighted by Gasteiger charge is -2.37. The summed E-state index contributed by atoms with van der Waals surface area (Å²) in [4.78, 5) is 39.7. The zero-order valence-corrected chi connectivity index (χ0v) is 27.2. The molecule has 1 heterocycles. The Kier molecular flexibility index (Phi) is 10.5. The SMILES string of the molecule is CCOc1cc([C@@H]2C(C(=O)OCCOc3ccccc3)=C(C)NC3=C2C(=O)C[C@@H](c2ccc(OC)c(OC)c2)C3)ccc1OC(C)=O. The molecule has 0 fully saturated rings. The second-order valence-electron chi connectivity index (χ2n) is 11.2. The van der Waals surface area contributed by atoms with Crippen LogP contribution in [-0.4, -0.2) is 51.8 Å². The predicted octanol–water partition coefficient (Wildman–Crippen LogP) is 6.01. The number of nitrogens with one attached hydrogen (secondary N) is 1. The van der Waals surface area contributed by atoms with E-state index in [4.69, 9.17) is 28.4 Å². The third-order valence-electron chi connectivity index (χ3n) is 8.11. The van der Waals surface area contributed by atoms with Gasteiger partial charge in [0.15, 0.2) is 28.8 Å². The Hall–Kier alpha value is -5.25. The molecule has 3 aromatic rings. The second kappa shape index (κ2) is 14.9. The first kappa shape index (κ1) is 33.1. The third-order valence-corrected chi connectivity index (χ3v) is 8.11. The van der Waals surface area contributed by atoms with Crippen LogP contribution in [0.4, 0.5) is 0 Å². The van der Waals surface area contributed by atoms with Crippen LogP contribution in [-0.2, 0) is 19.1 Å². The van der Waals surface area contributed by atoms with E-state index < -0.39 is 17.9 Å². The quantitative estimate of drug-likeness (QED) is 0.143. The van der Waals surface area contributed by atoms with Gasteiger partial charge in [-0.25, -0.2) is 4.79 Å². The molecule has 246 valence electrons. The predicted molar refractivity (Wildman–Crippen MR) is 174 cm³/mol. The number of esters is 2. The van der Waals surface area contributed by atoms with Crippen LogP contribution in [0.1, 0.15) is 56.6 Å². The highest BCUT2D eigenvalue weighted by atomic mass is 16.6. The van der Waals surface area contributed by atoms with E-state index in [-0.39, 0.29) is 37.1 Å². The van der Waals surface area contributed by atoms with Gasteiger partial charge in [0.1, 0.15) is 19.0 Å². The number of para-hydroxylation sites is 1. The van der Waals surface area contributed by atoms with Crippen molar-refractivity contribution in [1.82, 2.24) is 5.32 Å². The number of ether oxygens (including phenoxy) is 6. The van der Waals surface area contributed by atoms with Crippen molar-refractivity contribution in [1.29, 1.82) is 0 Å². The van der Waals surface area contributed by atoms with Gasteiger partial charge < -0.3 is 33.7 Å². The minimum absolute atomic E-state index is 0.00798. The standard InChI is InChI=1S/C37H39NO9/c1-6-44-33-21-25(13-15-31(33)47-23(3)39)35-34(37(41)46-17-16-45-27-10-8-7-9-11-27)22(2)38-28-18-26(19-29(40)36(28)35)24-12-14-30(42-4)32(20-24)43-5/h7-15,20-21,26,35,38H,6,16-19H2,1-5H3/t26-,35+/m0/s1. The van der Waals surface area contributed by atoms with Gasteiger partial charge >= 0.3 is 11.9 Å². The van der Waals surface area contributed by atoms with Crippen LogP contribution in [0.3, 0.4) is 0 Å². The summed E-state index contributed by atoms with van der Waals surface area (Å²) in [6, 6.07) is 20.0. The molecule has 2 atom stereocenters. The lowest BCUT2D eigenvalue weighted by atomic mass is 9.71. The molecule has 0 radical (unpaired) electrons. The molecule has 0 spiro atoms. The van der Waals surface area contributed by atoms with Gasteiger partial charge in [0.25, 0.3) is 0 Å². The van der Waals surface area contributed by atoms with Crippen LogP contribution >= 0.6 is 0 Å². The molecular weight excluding hydrogens is 602 g/mol. The normalized spacial score (nSPS) is 17.3. The summed E-state index contributed by atoms with van der Waals surface area (Å²) in [5.41, 5.74) is 3.67. The molecule has 5 rings (SSSR count). The number of hydrogen-bond donors (Lipinski definition) is 1. The average Bonchev–Trinajstić information content (AvgIpc) is 3.06. The van der Waals surface area contributed by atoms with Crippen molar-refractivity contribution in [3.05, 3.63) is 100 Å². The van der Waals surface area contributed by atoms with Crippen molar-refractivity contribution in [3.8, 4) is 28.7 Å². The number of hydrogen-bond acceptors (Lipinski definition) is 10. The summed E-state index contributed by atoms with van der Waals surface area (Å²) >= 11 is 0. The van der Waals surface area contributed by atoms with Crippen LogP contribution < -0.4 is 29.0 Å². The Balaban J connectivity index is 1.50. The van der Waals surface area contributed by atoms with Crippen molar-refractivity contribution in [2.45, 2.75) is 45.4 Å². The molecule has 47 heavy (non-hydrogen) atoms. The van der Waals surface area contributed by atoms with E-state index >= 15 is 0 Å². The van der Waals surface area contributed by atoms with Gasteiger partial charge in [-0.15, -0.1) is 0 Å². The Morgan fingerprint density at radius 3 is 2.23 bits per heavy atom. The van der Waals surface area contributed by atoms with Crippen molar-refractivity contribution in [2.75, 3.05) is 34.0 Å². The fraction of sp³-hybridized carbons (Fsp3) is 0.324. The van der Waals surface area contributed by atoms with Gasteiger partial charge in [-0.1, -0.05) is 30.3 Å². The molecular formula is C37H39NO9. The first-order chi connectivity index (χ1) is 22.7. The molecule has 1 aliphatic heterocycles. The lowest BCUT2D eigenvalue weighted by Crippen LogP contribution is -2.36. The smallest absolute Gasteiger partial charge is 0.336 e. The third kappa shape index (κ3) is 7.43. The number of dihydropyridines is 1. The number of rotatable bonds is 12. The molecule has 0 amide bonds. The molecule has 0 unspecified atom stereocenters. The minimum atomic E-state index is -0.752. The molecule has 0 bridgehead atoms. The largest absolute Gasteiger partial charge is 0.493 e. The molecule has 10 nitrogen and oxygen atoms in total. The fourth-order valence-corrected chi connectivity index (χ4v) is 6.09. The van der Waals surface area contributed by atoms with Gasteiger partial charge in [-0.2, -0.15) is 0 Å². The highest BCUT2D eigenvalue weighted by molar-refractivity contribution is 6.04. The van der Waals surface area contributed by atoms with Crippen LogP contribution in [0, 0.1) is 0 Å². The zero-order chi connectivity index (χ0) is 33.5. The molecule has 1 N–H and O–H groups in total. The maximum absolute atomic E-state index is 14.1. The van der Waals surface area contributed by atoms with Crippen LogP contribution in [0.25, 0.3) is 0 Å². The summed E-state index contributed by atoms with van der Waals surface area (Å²) in [6.45, 7) is 5.41. The Morgan fingerprint density at radius 2 is 1.53 bits per heavy atom. The van der Waals surface area contributed by atoms with E-state index in [0.29, 0.717) is 58.4 Å². The van der Waals surface area contributed by atoms with Crippen LogP contribution in [0.5, 0.6) is 28.7 Å². The van der Waals surface area contributed by atoms with Crippen molar-refractivity contribution >= 4 is 17.7 Å². The maximum Gasteiger partial charge on any atom is 0.336 e. The van der Waals surface area contributed by atoms with Gasteiger partial charge in [0, 0.05) is 36.2 Å². The number of Topliss-reactive ketones (excluding diaryl/α,β-unsaturated/α-hetero) is 1. The second-order valence-corrected chi connectivity index (χ2v) is 11.2. The summed E-state index contributed by atoms with van der Waals surface area (Å²) in [5.74, 6) is 0.385. The topological polar surface area (TPSA) is 119 Å². The Bertz CT molecular complexity index is 1710. The molecule has 0 aromatic heterocycles. The monoisotopic (exact) mass is 641 g/mol. The van der Waals surface area contributed by atoms with E-state index in [9.17, 15) is 14.4 Å². The van der Waals surface area contributed by atoms with Crippen molar-refractivity contribution in [3.63, 3.8) is 0 Å². The molecule has 0 saturated heterocycles. The fourth-order valence-electron chi connectivity index (χ4n) is 6.09. The number of benzene rings is 3. The van der Waals surface area contributed by atoms with Crippen LogP contribution in [0.15, 0.2) is 89.3 Å².